The van der Waals surface area contributed by atoms with E-state index in [9.17, 15) is 17.6 Å². The summed E-state index contributed by atoms with van der Waals surface area (Å²) in [5.41, 5.74) is 0.0574. The van der Waals surface area contributed by atoms with Gasteiger partial charge in [-0.05, 0) is 49.9 Å². The molecular formula is C21H23ClFN3O3S. The van der Waals surface area contributed by atoms with Crippen LogP contribution in [0, 0.1) is 5.82 Å². The normalized spacial score (nSPS) is 19.4. The van der Waals surface area contributed by atoms with Crippen LogP contribution in [0.15, 0.2) is 42.6 Å². The molecule has 2 aromatic rings. The number of piperidine rings is 1. The lowest BCUT2D eigenvalue weighted by atomic mass is 9.75. The van der Waals surface area contributed by atoms with Crippen LogP contribution in [0.2, 0.25) is 5.02 Å². The molecule has 1 N–H and O–H groups in total. The van der Waals surface area contributed by atoms with Gasteiger partial charge in [-0.3, -0.25) is 9.78 Å². The molecular weight excluding hydrogens is 429 g/mol. The summed E-state index contributed by atoms with van der Waals surface area (Å²) in [6.07, 6.45) is 4.16. The second-order valence-corrected chi connectivity index (χ2v) is 10.5. The number of carbonyl (C=O) groups excluding carboxylic acids is 1. The Morgan fingerprint density at radius 2 is 1.93 bits per heavy atom. The van der Waals surface area contributed by atoms with Gasteiger partial charge in [0.15, 0.2) is 0 Å². The number of rotatable bonds is 6. The molecule has 0 atom stereocenters. The number of halogens is 2. The van der Waals surface area contributed by atoms with Gasteiger partial charge in [0.25, 0.3) is 5.91 Å². The van der Waals surface area contributed by atoms with E-state index in [2.05, 4.69) is 10.3 Å². The van der Waals surface area contributed by atoms with Crippen molar-refractivity contribution in [2.75, 3.05) is 19.6 Å². The van der Waals surface area contributed by atoms with E-state index < -0.39 is 27.2 Å². The maximum absolute atomic E-state index is 14.1. The van der Waals surface area contributed by atoms with Crippen LogP contribution in [0.3, 0.4) is 0 Å². The van der Waals surface area contributed by atoms with Crippen molar-refractivity contribution in [3.05, 3.63) is 64.7 Å². The third-order valence-electron chi connectivity index (χ3n) is 5.97. The molecule has 1 amide bonds. The summed E-state index contributed by atoms with van der Waals surface area (Å²) < 4.78 is 40.9. The van der Waals surface area contributed by atoms with Gasteiger partial charge in [-0.15, -0.1) is 0 Å². The van der Waals surface area contributed by atoms with Gasteiger partial charge in [-0.25, -0.2) is 17.1 Å². The second kappa shape index (κ2) is 8.24. The van der Waals surface area contributed by atoms with Gasteiger partial charge in [0.2, 0.25) is 10.0 Å². The van der Waals surface area contributed by atoms with Gasteiger partial charge in [0.1, 0.15) is 5.82 Å². The van der Waals surface area contributed by atoms with Crippen LogP contribution in [-0.2, 0) is 15.4 Å². The molecule has 0 bridgehead atoms. The number of nitrogens with one attached hydrogen (secondary N) is 1. The van der Waals surface area contributed by atoms with E-state index in [0.29, 0.717) is 25.9 Å². The summed E-state index contributed by atoms with van der Waals surface area (Å²) in [5.74, 6) is -1.28. The first-order chi connectivity index (χ1) is 14.3. The van der Waals surface area contributed by atoms with E-state index >= 15 is 0 Å². The molecule has 2 heterocycles. The average molecular weight is 452 g/mol. The highest BCUT2D eigenvalue weighted by Crippen LogP contribution is 2.38. The molecule has 9 heteroatoms. The van der Waals surface area contributed by atoms with Crippen LogP contribution in [-0.4, -0.2) is 48.5 Å². The standard InChI is InChI=1S/C21H23ClFN3O3S/c22-16-4-3-5-17(23)19(16)20(27)25-14-21(18-6-1-2-11-24-18)9-12-26(13-10-21)30(28,29)15-7-8-15/h1-6,11,15H,7-10,12-14H2,(H,25,27). The molecule has 30 heavy (non-hydrogen) atoms. The highest BCUT2D eigenvalue weighted by Gasteiger charge is 2.45. The number of carbonyl (C=O) groups is 1. The number of hydrogen-bond acceptors (Lipinski definition) is 4. The van der Waals surface area contributed by atoms with Crippen molar-refractivity contribution in [3.8, 4) is 0 Å². The average Bonchev–Trinajstić information content (AvgIpc) is 3.59. The summed E-state index contributed by atoms with van der Waals surface area (Å²) in [5, 5.41) is 2.61. The first-order valence-corrected chi connectivity index (χ1v) is 11.8. The van der Waals surface area contributed by atoms with Gasteiger partial charge in [0, 0.05) is 36.9 Å². The topological polar surface area (TPSA) is 79.4 Å². The molecule has 1 aromatic carbocycles. The first-order valence-electron chi connectivity index (χ1n) is 9.96. The van der Waals surface area contributed by atoms with Crippen molar-refractivity contribution in [1.29, 1.82) is 0 Å². The minimum absolute atomic E-state index is 0.0460. The minimum atomic E-state index is -3.25. The fourth-order valence-corrected chi connectivity index (χ4v) is 6.09. The van der Waals surface area contributed by atoms with Crippen LogP contribution < -0.4 is 5.32 Å². The van der Waals surface area contributed by atoms with Crippen LogP contribution in [0.4, 0.5) is 4.39 Å². The monoisotopic (exact) mass is 451 g/mol. The van der Waals surface area contributed by atoms with E-state index in [0.717, 1.165) is 18.5 Å². The predicted molar refractivity (Wildman–Crippen MR) is 112 cm³/mol. The molecule has 1 aliphatic heterocycles. The third kappa shape index (κ3) is 4.08. The number of nitrogens with zero attached hydrogens (tertiary/aromatic N) is 2. The van der Waals surface area contributed by atoms with Crippen molar-refractivity contribution < 1.29 is 17.6 Å². The van der Waals surface area contributed by atoms with Crippen molar-refractivity contribution in [1.82, 2.24) is 14.6 Å². The Morgan fingerprint density at radius 1 is 1.20 bits per heavy atom. The lowest BCUT2D eigenvalue weighted by molar-refractivity contribution is 0.0928. The molecule has 4 rings (SSSR count). The first kappa shape index (κ1) is 21.2. The largest absolute Gasteiger partial charge is 0.351 e. The third-order valence-corrected chi connectivity index (χ3v) is 8.68. The molecule has 2 aliphatic rings. The lowest BCUT2D eigenvalue weighted by Crippen LogP contribution is -2.51. The highest BCUT2D eigenvalue weighted by molar-refractivity contribution is 7.90. The molecule has 0 radical (unpaired) electrons. The maximum Gasteiger partial charge on any atom is 0.255 e. The fourth-order valence-electron chi connectivity index (χ4n) is 4.00. The van der Waals surface area contributed by atoms with E-state index in [1.165, 1.54) is 18.2 Å². The SMILES string of the molecule is O=C(NCC1(c2ccccn2)CCN(S(=O)(=O)C2CC2)CC1)c1c(F)cccc1Cl. The molecule has 0 unspecified atom stereocenters. The second-order valence-electron chi connectivity index (χ2n) is 7.92. The molecule has 1 saturated heterocycles. The van der Waals surface area contributed by atoms with Gasteiger partial charge >= 0.3 is 0 Å². The van der Waals surface area contributed by atoms with E-state index in [-0.39, 0.29) is 22.4 Å². The number of hydrogen-bond donors (Lipinski definition) is 1. The predicted octanol–water partition coefficient (Wildman–Crippen LogP) is 3.13. The van der Waals surface area contributed by atoms with Crippen molar-refractivity contribution in [3.63, 3.8) is 0 Å². The van der Waals surface area contributed by atoms with Crippen LogP contribution in [0.1, 0.15) is 41.7 Å². The number of sulfonamides is 1. The van der Waals surface area contributed by atoms with E-state index in [1.807, 2.05) is 18.2 Å². The smallest absolute Gasteiger partial charge is 0.255 e. The summed E-state index contributed by atoms with van der Waals surface area (Å²) >= 11 is 6.02. The lowest BCUT2D eigenvalue weighted by Gasteiger charge is -2.41. The molecule has 6 nitrogen and oxygen atoms in total. The summed E-state index contributed by atoms with van der Waals surface area (Å²) in [6.45, 7) is 0.947. The van der Waals surface area contributed by atoms with Crippen LogP contribution >= 0.6 is 11.6 Å². The molecule has 1 aliphatic carbocycles. The minimum Gasteiger partial charge on any atom is -0.351 e. The molecule has 1 saturated carbocycles. The zero-order valence-corrected chi connectivity index (χ0v) is 17.9. The van der Waals surface area contributed by atoms with Crippen molar-refractivity contribution >= 4 is 27.5 Å². The number of amides is 1. The number of benzene rings is 1. The van der Waals surface area contributed by atoms with Crippen LogP contribution in [0.25, 0.3) is 0 Å². The van der Waals surface area contributed by atoms with E-state index in [1.54, 1.807) is 10.5 Å². The van der Waals surface area contributed by atoms with Crippen molar-refractivity contribution in [2.45, 2.75) is 36.3 Å². The van der Waals surface area contributed by atoms with Crippen LogP contribution in [0.5, 0.6) is 0 Å². The highest BCUT2D eigenvalue weighted by atomic mass is 35.5. The Kier molecular flexibility index (Phi) is 5.83. The Labute approximate surface area is 180 Å². The zero-order chi connectivity index (χ0) is 21.4. The maximum atomic E-state index is 14.1. The van der Waals surface area contributed by atoms with Gasteiger partial charge in [0.05, 0.1) is 15.8 Å². The zero-order valence-electron chi connectivity index (χ0n) is 16.4. The molecule has 160 valence electrons. The Hall–Kier alpha value is -2.03. The summed E-state index contributed by atoms with van der Waals surface area (Å²) in [7, 11) is -3.25. The Morgan fingerprint density at radius 3 is 2.53 bits per heavy atom. The summed E-state index contributed by atoms with van der Waals surface area (Å²) in [6, 6.07) is 9.66. The van der Waals surface area contributed by atoms with Gasteiger partial charge < -0.3 is 5.32 Å². The molecule has 2 fully saturated rings. The van der Waals surface area contributed by atoms with Gasteiger partial charge in [-0.1, -0.05) is 23.7 Å². The quantitative estimate of drug-likeness (QED) is 0.731. The molecule has 0 spiro atoms. The Balaban J connectivity index is 1.54. The van der Waals surface area contributed by atoms with Crippen molar-refractivity contribution in [2.24, 2.45) is 0 Å². The number of pyridine rings is 1. The Bertz CT molecular complexity index is 1020. The molecule has 1 aromatic heterocycles. The summed E-state index contributed by atoms with van der Waals surface area (Å²) in [4.78, 5) is 17.1. The fraction of sp³-hybridized carbons (Fsp3) is 0.429. The number of aromatic nitrogens is 1. The van der Waals surface area contributed by atoms with Gasteiger partial charge in [-0.2, -0.15) is 0 Å². The van der Waals surface area contributed by atoms with E-state index in [4.69, 9.17) is 11.6 Å².